The molecule has 0 radical (unpaired) electrons. The topological polar surface area (TPSA) is 55.2 Å². The number of hydrogen-bond donors (Lipinski definition) is 0. The predicted molar refractivity (Wildman–Crippen MR) is 82.5 cm³/mol. The lowest BCUT2D eigenvalue weighted by Gasteiger charge is -2.14. The van der Waals surface area contributed by atoms with E-state index in [1.54, 1.807) is 10.5 Å². The third-order valence-electron chi connectivity index (χ3n) is 3.79. The van der Waals surface area contributed by atoms with E-state index >= 15 is 0 Å². The van der Waals surface area contributed by atoms with Crippen molar-refractivity contribution in [2.45, 2.75) is 44.7 Å². The number of sulfonamides is 1. The molecule has 7 heteroatoms. The Morgan fingerprint density at radius 3 is 2.90 bits per heavy atom. The van der Waals surface area contributed by atoms with Gasteiger partial charge in [0, 0.05) is 31.2 Å². The van der Waals surface area contributed by atoms with Crippen molar-refractivity contribution in [2.75, 3.05) is 18.4 Å². The smallest absolute Gasteiger partial charge is 0.262 e. The van der Waals surface area contributed by atoms with E-state index in [0.29, 0.717) is 19.0 Å². The van der Waals surface area contributed by atoms with Crippen LogP contribution in [0.1, 0.15) is 32.0 Å². The largest absolute Gasteiger partial charge is 0.334 e. The van der Waals surface area contributed by atoms with Gasteiger partial charge < -0.3 is 4.57 Å². The maximum Gasteiger partial charge on any atom is 0.262 e. The van der Waals surface area contributed by atoms with Gasteiger partial charge in [-0.25, -0.2) is 13.4 Å². The van der Waals surface area contributed by atoms with Crippen molar-refractivity contribution in [1.82, 2.24) is 13.9 Å². The number of aromatic nitrogens is 2. The van der Waals surface area contributed by atoms with Crippen LogP contribution in [0.2, 0.25) is 0 Å². The molecule has 2 rings (SSSR count). The van der Waals surface area contributed by atoms with Gasteiger partial charge >= 0.3 is 0 Å². The molecule has 20 heavy (non-hydrogen) atoms. The third kappa shape index (κ3) is 3.26. The maximum absolute atomic E-state index is 12.6. The second-order valence-electron chi connectivity index (χ2n) is 5.32. The van der Waals surface area contributed by atoms with Crippen molar-refractivity contribution >= 4 is 26.0 Å². The summed E-state index contributed by atoms with van der Waals surface area (Å²) in [5, 5.41) is 1.12. The molecule has 0 bridgehead atoms. The van der Waals surface area contributed by atoms with Crippen molar-refractivity contribution in [2.24, 2.45) is 5.92 Å². The summed E-state index contributed by atoms with van der Waals surface area (Å²) in [7, 11) is -3.42. The van der Waals surface area contributed by atoms with Gasteiger partial charge in [-0.05, 0) is 32.1 Å². The Labute approximate surface area is 129 Å². The van der Waals surface area contributed by atoms with Gasteiger partial charge in [-0.1, -0.05) is 22.9 Å². The molecule has 0 aliphatic carbocycles. The molecule has 0 amide bonds. The monoisotopic (exact) mass is 363 g/mol. The summed E-state index contributed by atoms with van der Waals surface area (Å²) in [6.45, 7) is 5.96. The van der Waals surface area contributed by atoms with E-state index in [9.17, 15) is 8.42 Å². The first-order valence-electron chi connectivity index (χ1n) is 7.09. The van der Waals surface area contributed by atoms with E-state index in [0.717, 1.165) is 37.0 Å². The van der Waals surface area contributed by atoms with Gasteiger partial charge in [0.25, 0.3) is 10.0 Å². The van der Waals surface area contributed by atoms with E-state index in [1.165, 1.54) is 0 Å². The standard InChI is InChI=1S/C13H22BrN3O2S/c1-3-7-16-10-13(15-11(16)2)20(18,19)17-8-5-12(9-17)4-6-14/h10,12H,3-9H2,1-2H3. The van der Waals surface area contributed by atoms with Crippen LogP contribution in [0, 0.1) is 12.8 Å². The molecule has 0 saturated carbocycles. The van der Waals surface area contributed by atoms with Gasteiger partial charge in [0.05, 0.1) is 0 Å². The van der Waals surface area contributed by atoms with Crippen LogP contribution < -0.4 is 0 Å². The van der Waals surface area contributed by atoms with Gasteiger partial charge in [-0.15, -0.1) is 0 Å². The zero-order valence-corrected chi connectivity index (χ0v) is 14.5. The van der Waals surface area contributed by atoms with Gasteiger partial charge in [0.1, 0.15) is 5.82 Å². The quantitative estimate of drug-likeness (QED) is 0.729. The van der Waals surface area contributed by atoms with Crippen LogP contribution in [0.3, 0.4) is 0 Å². The Bertz CT molecular complexity index is 556. The maximum atomic E-state index is 12.6. The van der Waals surface area contributed by atoms with Crippen molar-refractivity contribution in [1.29, 1.82) is 0 Å². The minimum Gasteiger partial charge on any atom is -0.334 e. The molecule has 1 aromatic heterocycles. The average Bonchev–Trinajstić information content (AvgIpc) is 2.99. The lowest BCUT2D eigenvalue weighted by atomic mass is 10.1. The number of imidazole rings is 1. The van der Waals surface area contributed by atoms with Gasteiger partial charge in [0.15, 0.2) is 5.03 Å². The molecule has 1 fully saturated rings. The Morgan fingerprint density at radius 2 is 2.25 bits per heavy atom. The molecule has 5 nitrogen and oxygen atoms in total. The van der Waals surface area contributed by atoms with E-state index in [2.05, 4.69) is 27.8 Å². The number of hydrogen-bond acceptors (Lipinski definition) is 3. The first-order valence-corrected chi connectivity index (χ1v) is 9.65. The third-order valence-corrected chi connectivity index (χ3v) is 5.98. The number of halogens is 1. The fourth-order valence-corrected chi connectivity index (χ4v) is 4.78. The molecular formula is C13H22BrN3O2S. The van der Waals surface area contributed by atoms with E-state index < -0.39 is 10.0 Å². The average molecular weight is 364 g/mol. The number of alkyl halides is 1. The van der Waals surface area contributed by atoms with E-state index in [1.807, 2.05) is 11.5 Å². The Hall–Kier alpha value is -0.400. The molecule has 1 aliphatic heterocycles. The molecule has 1 unspecified atom stereocenters. The molecule has 0 spiro atoms. The number of aryl methyl sites for hydroxylation is 2. The van der Waals surface area contributed by atoms with Crippen molar-refractivity contribution in [3.8, 4) is 0 Å². The molecule has 2 heterocycles. The summed E-state index contributed by atoms with van der Waals surface area (Å²) >= 11 is 3.42. The first kappa shape index (κ1) is 16.0. The van der Waals surface area contributed by atoms with Gasteiger partial charge in [-0.2, -0.15) is 4.31 Å². The van der Waals surface area contributed by atoms with Crippen LogP contribution in [0.15, 0.2) is 11.2 Å². The highest BCUT2D eigenvalue weighted by molar-refractivity contribution is 9.09. The van der Waals surface area contributed by atoms with Crippen molar-refractivity contribution < 1.29 is 8.42 Å². The highest BCUT2D eigenvalue weighted by Crippen LogP contribution is 2.26. The highest BCUT2D eigenvalue weighted by Gasteiger charge is 2.33. The molecule has 114 valence electrons. The van der Waals surface area contributed by atoms with E-state index in [4.69, 9.17) is 0 Å². The molecule has 0 N–H and O–H groups in total. The first-order chi connectivity index (χ1) is 9.48. The second kappa shape index (κ2) is 6.58. The van der Waals surface area contributed by atoms with Crippen molar-refractivity contribution in [3.05, 3.63) is 12.0 Å². The predicted octanol–water partition coefficient (Wildman–Crippen LogP) is 2.40. The van der Waals surface area contributed by atoms with Gasteiger partial charge in [-0.3, -0.25) is 0 Å². The van der Waals surface area contributed by atoms with Crippen LogP contribution in [0.25, 0.3) is 0 Å². The van der Waals surface area contributed by atoms with Crippen LogP contribution >= 0.6 is 15.9 Å². The summed E-state index contributed by atoms with van der Waals surface area (Å²) in [6, 6.07) is 0. The SMILES string of the molecule is CCCn1cc(S(=O)(=O)N2CCC(CCBr)C2)nc1C. The summed E-state index contributed by atoms with van der Waals surface area (Å²) in [6.07, 6.45) is 4.61. The molecule has 1 aliphatic rings. The van der Waals surface area contributed by atoms with Crippen LogP contribution in [-0.2, 0) is 16.6 Å². The molecule has 0 aromatic carbocycles. The van der Waals surface area contributed by atoms with E-state index in [-0.39, 0.29) is 5.03 Å². The Kier molecular flexibility index (Phi) is 5.25. The lowest BCUT2D eigenvalue weighted by Crippen LogP contribution is -2.29. The second-order valence-corrected chi connectivity index (χ2v) is 7.99. The molecule has 1 atom stereocenters. The number of nitrogens with zero attached hydrogens (tertiary/aromatic N) is 3. The minimum atomic E-state index is -3.42. The normalized spacial score (nSPS) is 20.6. The molecule has 1 aromatic rings. The van der Waals surface area contributed by atoms with Crippen molar-refractivity contribution in [3.63, 3.8) is 0 Å². The zero-order valence-electron chi connectivity index (χ0n) is 12.0. The van der Waals surface area contributed by atoms with Gasteiger partial charge in [0.2, 0.25) is 0 Å². The van der Waals surface area contributed by atoms with Crippen LogP contribution in [0.4, 0.5) is 0 Å². The number of rotatable bonds is 6. The fraction of sp³-hybridized carbons (Fsp3) is 0.769. The Balaban J connectivity index is 2.16. The summed E-state index contributed by atoms with van der Waals surface area (Å²) in [5.74, 6) is 1.23. The molecule has 1 saturated heterocycles. The van der Waals surface area contributed by atoms with Crippen LogP contribution in [-0.4, -0.2) is 40.7 Å². The molecular weight excluding hydrogens is 342 g/mol. The summed E-state index contributed by atoms with van der Waals surface area (Å²) in [4.78, 5) is 4.24. The van der Waals surface area contributed by atoms with Crippen LogP contribution in [0.5, 0.6) is 0 Å². The highest BCUT2D eigenvalue weighted by atomic mass is 79.9. The Morgan fingerprint density at radius 1 is 1.50 bits per heavy atom. The minimum absolute atomic E-state index is 0.197. The summed E-state index contributed by atoms with van der Waals surface area (Å²) < 4.78 is 28.7. The zero-order chi connectivity index (χ0) is 14.8. The summed E-state index contributed by atoms with van der Waals surface area (Å²) in [5.41, 5.74) is 0. The lowest BCUT2D eigenvalue weighted by molar-refractivity contribution is 0.452. The fourth-order valence-electron chi connectivity index (χ4n) is 2.61.